The fourth-order valence-electron chi connectivity index (χ4n) is 2.69. The summed E-state index contributed by atoms with van der Waals surface area (Å²) in [6.45, 7) is 4.39. The summed E-state index contributed by atoms with van der Waals surface area (Å²) in [4.78, 5) is 26.8. The summed E-state index contributed by atoms with van der Waals surface area (Å²) >= 11 is 1.70. The highest BCUT2D eigenvalue weighted by Crippen LogP contribution is 2.23. The molecule has 1 aliphatic heterocycles. The number of carbonyl (C=O) groups is 2. The van der Waals surface area contributed by atoms with E-state index in [0.29, 0.717) is 19.6 Å². The number of hydrogen-bond donors (Lipinski definition) is 1. The van der Waals surface area contributed by atoms with E-state index in [0.717, 1.165) is 13.0 Å². The van der Waals surface area contributed by atoms with E-state index in [1.54, 1.807) is 11.3 Å². The van der Waals surface area contributed by atoms with Crippen molar-refractivity contribution in [2.75, 3.05) is 33.3 Å². The number of rotatable bonds is 6. The normalized spacial score (nSPS) is 22.2. The van der Waals surface area contributed by atoms with Crippen LogP contribution in [0.3, 0.4) is 0 Å². The molecule has 1 saturated heterocycles. The van der Waals surface area contributed by atoms with Crippen molar-refractivity contribution in [1.82, 2.24) is 10.2 Å². The summed E-state index contributed by atoms with van der Waals surface area (Å²) in [5.41, 5.74) is 0. The first kappa shape index (κ1) is 16.0. The minimum Gasteiger partial charge on any atom is -0.469 e. The largest absolute Gasteiger partial charge is 0.469 e. The SMILES string of the molecule is COC(=O)C1CN(CC(=O)NCCc2cccs2)CC1C. The van der Waals surface area contributed by atoms with Crippen LogP contribution in [0, 0.1) is 11.8 Å². The van der Waals surface area contributed by atoms with Crippen LogP contribution in [0.4, 0.5) is 0 Å². The van der Waals surface area contributed by atoms with E-state index in [4.69, 9.17) is 4.74 Å². The average Bonchev–Trinajstić information content (AvgIpc) is 3.08. The van der Waals surface area contributed by atoms with Gasteiger partial charge in [0.25, 0.3) is 0 Å². The van der Waals surface area contributed by atoms with Crippen LogP contribution in [0.25, 0.3) is 0 Å². The van der Waals surface area contributed by atoms with Crippen molar-refractivity contribution in [1.29, 1.82) is 0 Å². The number of ether oxygens (including phenoxy) is 1. The monoisotopic (exact) mass is 310 g/mol. The number of nitrogens with one attached hydrogen (secondary N) is 1. The quantitative estimate of drug-likeness (QED) is 0.801. The lowest BCUT2D eigenvalue weighted by atomic mass is 9.99. The molecule has 0 spiro atoms. The Bertz CT molecular complexity index is 475. The van der Waals surface area contributed by atoms with E-state index in [1.807, 2.05) is 23.3 Å². The van der Waals surface area contributed by atoms with E-state index in [9.17, 15) is 9.59 Å². The van der Waals surface area contributed by atoms with Crippen LogP contribution in [-0.2, 0) is 20.7 Å². The van der Waals surface area contributed by atoms with Crippen LogP contribution < -0.4 is 5.32 Å². The van der Waals surface area contributed by atoms with Crippen molar-refractivity contribution in [2.45, 2.75) is 13.3 Å². The highest BCUT2D eigenvalue weighted by Gasteiger charge is 2.35. The van der Waals surface area contributed by atoms with Crippen LogP contribution in [0.2, 0.25) is 0 Å². The topological polar surface area (TPSA) is 58.6 Å². The molecule has 2 atom stereocenters. The molecule has 116 valence electrons. The van der Waals surface area contributed by atoms with Crippen molar-refractivity contribution < 1.29 is 14.3 Å². The molecular weight excluding hydrogens is 288 g/mol. The molecule has 2 heterocycles. The molecule has 1 fully saturated rings. The van der Waals surface area contributed by atoms with Crippen molar-refractivity contribution in [3.8, 4) is 0 Å². The van der Waals surface area contributed by atoms with Gasteiger partial charge in [-0.1, -0.05) is 13.0 Å². The van der Waals surface area contributed by atoms with Crippen LogP contribution in [0.15, 0.2) is 17.5 Å². The molecule has 0 bridgehead atoms. The summed E-state index contributed by atoms with van der Waals surface area (Å²) in [6, 6.07) is 4.08. The van der Waals surface area contributed by atoms with Gasteiger partial charge < -0.3 is 10.1 Å². The Hall–Kier alpha value is -1.40. The maximum Gasteiger partial charge on any atom is 0.310 e. The lowest BCUT2D eigenvalue weighted by molar-refractivity contribution is -0.146. The zero-order valence-electron chi connectivity index (χ0n) is 12.5. The van der Waals surface area contributed by atoms with Gasteiger partial charge in [-0.2, -0.15) is 0 Å². The van der Waals surface area contributed by atoms with Crippen molar-refractivity contribution in [2.24, 2.45) is 11.8 Å². The zero-order chi connectivity index (χ0) is 15.2. The van der Waals surface area contributed by atoms with Crippen LogP contribution in [-0.4, -0.2) is 50.1 Å². The van der Waals surface area contributed by atoms with Gasteiger partial charge in [0.05, 0.1) is 19.6 Å². The van der Waals surface area contributed by atoms with Crippen LogP contribution in [0.1, 0.15) is 11.8 Å². The van der Waals surface area contributed by atoms with Crippen LogP contribution >= 0.6 is 11.3 Å². The van der Waals surface area contributed by atoms with Gasteiger partial charge in [-0.05, 0) is 23.8 Å². The number of thiophene rings is 1. The predicted molar refractivity (Wildman–Crippen MR) is 82.1 cm³/mol. The van der Waals surface area contributed by atoms with Crippen LogP contribution in [0.5, 0.6) is 0 Å². The number of carbonyl (C=O) groups excluding carboxylic acids is 2. The summed E-state index contributed by atoms with van der Waals surface area (Å²) in [7, 11) is 1.41. The highest BCUT2D eigenvalue weighted by atomic mass is 32.1. The van der Waals surface area contributed by atoms with E-state index >= 15 is 0 Å². The molecule has 1 aliphatic rings. The van der Waals surface area contributed by atoms with Gasteiger partial charge in [-0.15, -0.1) is 11.3 Å². The minimum absolute atomic E-state index is 0.0178. The third kappa shape index (κ3) is 4.54. The van der Waals surface area contributed by atoms with Gasteiger partial charge in [-0.25, -0.2) is 0 Å². The number of nitrogens with zero attached hydrogens (tertiary/aromatic N) is 1. The van der Waals surface area contributed by atoms with Gasteiger partial charge in [0.2, 0.25) is 5.91 Å². The number of amides is 1. The second-order valence-electron chi connectivity index (χ2n) is 5.48. The molecule has 1 amide bonds. The maximum atomic E-state index is 11.9. The first-order valence-electron chi connectivity index (χ1n) is 7.19. The summed E-state index contributed by atoms with van der Waals surface area (Å²) in [5.74, 6) is -0.0438. The van der Waals surface area contributed by atoms with E-state index in [-0.39, 0.29) is 23.7 Å². The Morgan fingerprint density at radius 3 is 2.95 bits per heavy atom. The zero-order valence-corrected chi connectivity index (χ0v) is 13.3. The summed E-state index contributed by atoms with van der Waals surface area (Å²) in [5, 5.41) is 4.97. The van der Waals surface area contributed by atoms with E-state index < -0.39 is 0 Å². The molecule has 1 N–H and O–H groups in total. The Morgan fingerprint density at radius 2 is 2.29 bits per heavy atom. The van der Waals surface area contributed by atoms with Gasteiger partial charge >= 0.3 is 5.97 Å². The standard InChI is InChI=1S/C15H22N2O3S/c1-11-8-17(9-13(11)15(19)20-2)10-14(18)16-6-5-12-4-3-7-21-12/h3-4,7,11,13H,5-6,8-10H2,1-2H3,(H,16,18). The Morgan fingerprint density at radius 1 is 1.48 bits per heavy atom. The number of hydrogen-bond acceptors (Lipinski definition) is 5. The molecule has 1 aromatic rings. The van der Waals surface area contributed by atoms with Gasteiger partial charge in [0, 0.05) is 24.5 Å². The molecular formula is C15H22N2O3S. The third-order valence-electron chi connectivity index (χ3n) is 3.83. The molecule has 1 aromatic heterocycles. The molecule has 0 aliphatic carbocycles. The molecule has 0 aromatic carbocycles. The third-order valence-corrected chi connectivity index (χ3v) is 4.77. The maximum absolute atomic E-state index is 11.9. The lowest BCUT2D eigenvalue weighted by Crippen LogP contribution is -2.37. The van der Waals surface area contributed by atoms with Crippen molar-refractivity contribution >= 4 is 23.2 Å². The molecule has 21 heavy (non-hydrogen) atoms. The molecule has 0 radical (unpaired) electrons. The van der Waals surface area contributed by atoms with Gasteiger partial charge in [0.1, 0.15) is 0 Å². The van der Waals surface area contributed by atoms with E-state index in [2.05, 4.69) is 11.4 Å². The first-order chi connectivity index (χ1) is 10.1. The van der Waals surface area contributed by atoms with Crippen molar-refractivity contribution in [3.63, 3.8) is 0 Å². The smallest absolute Gasteiger partial charge is 0.310 e. The molecule has 6 heteroatoms. The Labute approximate surface area is 129 Å². The highest BCUT2D eigenvalue weighted by molar-refractivity contribution is 7.09. The van der Waals surface area contributed by atoms with Crippen molar-refractivity contribution in [3.05, 3.63) is 22.4 Å². The predicted octanol–water partition coefficient (Wildman–Crippen LogP) is 1.15. The lowest BCUT2D eigenvalue weighted by Gasteiger charge is -2.14. The molecule has 0 saturated carbocycles. The number of esters is 1. The minimum atomic E-state index is -0.178. The molecule has 2 unspecified atom stereocenters. The molecule has 5 nitrogen and oxygen atoms in total. The fraction of sp³-hybridized carbons (Fsp3) is 0.600. The molecule has 2 rings (SSSR count). The van der Waals surface area contributed by atoms with E-state index in [1.165, 1.54) is 12.0 Å². The summed E-state index contributed by atoms with van der Waals surface area (Å²) in [6.07, 6.45) is 0.866. The van der Waals surface area contributed by atoms with Gasteiger partial charge in [0.15, 0.2) is 0 Å². The first-order valence-corrected chi connectivity index (χ1v) is 8.07. The second kappa shape index (κ2) is 7.56. The average molecular weight is 310 g/mol. The fourth-order valence-corrected chi connectivity index (χ4v) is 3.40. The number of likely N-dealkylation sites (tertiary alicyclic amines) is 1. The number of methoxy groups -OCH3 is 1. The summed E-state index contributed by atoms with van der Waals surface area (Å²) < 4.78 is 4.80. The second-order valence-corrected chi connectivity index (χ2v) is 6.51. The Balaban J connectivity index is 1.70. The Kier molecular flexibility index (Phi) is 5.76. The van der Waals surface area contributed by atoms with Gasteiger partial charge in [-0.3, -0.25) is 14.5 Å².